The summed E-state index contributed by atoms with van der Waals surface area (Å²) in [6.45, 7) is 15.5. The minimum absolute atomic E-state index is 0.227. The van der Waals surface area contributed by atoms with Crippen molar-refractivity contribution in [1.29, 1.82) is 0 Å². The summed E-state index contributed by atoms with van der Waals surface area (Å²) in [5.41, 5.74) is 4.85. The van der Waals surface area contributed by atoms with Gasteiger partial charge >= 0.3 is 0 Å². The van der Waals surface area contributed by atoms with Crippen molar-refractivity contribution in [2.75, 3.05) is 27.2 Å². The van der Waals surface area contributed by atoms with Gasteiger partial charge in [-0.1, -0.05) is 126 Å². The first-order valence-corrected chi connectivity index (χ1v) is 28.3. The fourth-order valence-corrected chi connectivity index (χ4v) is 11.7. The smallest absolute Gasteiger partial charge is 0.251 e. The van der Waals surface area contributed by atoms with E-state index in [9.17, 15) is 28.8 Å². The van der Waals surface area contributed by atoms with Gasteiger partial charge in [0.15, 0.2) is 0 Å². The number of rotatable bonds is 17. The Morgan fingerprint density at radius 3 is 1.18 bits per heavy atom. The molecule has 4 aromatic carbocycles. The van der Waals surface area contributed by atoms with Gasteiger partial charge in [-0.2, -0.15) is 0 Å². The van der Waals surface area contributed by atoms with Crippen LogP contribution in [0.3, 0.4) is 0 Å². The number of carbonyl (C=O) groups is 6. The van der Waals surface area contributed by atoms with E-state index in [0.29, 0.717) is 24.0 Å². The van der Waals surface area contributed by atoms with E-state index in [2.05, 4.69) is 31.9 Å². The Hall–Kier alpha value is -7.12. The Morgan fingerprint density at radius 1 is 0.513 bits per heavy atom. The van der Waals surface area contributed by atoms with Crippen LogP contribution in [0.2, 0.25) is 0 Å². The van der Waals surface area contributed by atoms with Gasteiger partial charge in [-0.15, -0.1) is 22.7 Å². The minimum atomic E-state index is -0.837. The molecule has 410 valence electrons. The highest BCUT2D eigenvalue weighted by Crippen LogP contribution is 2.40. The average Bonchev–Trinajstić information content (AvgIpc) is 4.36. The van der Waals surface area contributed by atoms with Crippen molar-refractivity contribution in [2.45, 2.75) is 117 Å². The van der Waals surface area contributed by atoms with Crippen LogP contribution in [-0.2, 0) is 19.2 Å². The number of likely N-dealkylation sites (tertiary alicyclic amines) is 2. The molecule has 78 heavy (non-hydrogen) atoms. The van der Waals surface area contributed by atoms with Gasteiger partial charge in [0.2, 0.25) is 23.6 Å². The molecule has 0 unspecified atom stereocenters. The van der Waals surface area contributed by atoms with Gasteiger partial charge in [-0.3, -0.25) is 28.8 Å². The monoisotopic (exact) mass is 1090 g/mol. The maximum Gasteiger partial charge on any atom is 0.251 e. The number of thiazole rings is 2. The summed E-state index contributed by atoms with van der Waals surface area (Å²) in [6, 6.07) is 29.8. The molecule has 4 heterocycles. The standard InChI is InChI=1S/C60H72N10O6S2/c1-35(61-9)51(71)67-49(59(3,4)5)57(75)69-31-43(29-47(69)55-65-45(33-77-55)39-17-13-11-14-18-39)63-53(73)41-25-21-37(22-26-41)38-23-27-42(28-24-38)54(74)64-44-30-48(56-66-46(34-78-56)40-19-15-12-16-20-40)70(32-44)58(76)50(60(6,7)8)68-52(72)36(2)62-10/h11-28,33-36,43-44,47-50,61-62H,29-32H2,1-10H3,(H,63,73)(H,64,74)(H,67,71)(H,68,72)/t35-,36-,43-,44-,47-,48-,49+,50+/m0/s1. The van der Waals surface area contributed by atoms with Gasteiger partial charge in [-0.25, -0.2) is 9.97 Å². The molecule has 16 nitrogen and oxygen atoms in total. The van der Waals surface area contributed by atoms with E-state index in [1.165, 1.54) is 22.7 Å². The lowest BCUT2D eigenvalue weighted by Gasteiger charge is -2.36. The first kappa shape index (κ1) is 57.1. The first-order chi connectivity index (χ1) is 37.1. The number of nitrogens with zero attached hydrogens (tertiary/aromatic N) is 4. The van der Waals surface area contributed by atoms with Crippen LogP contribution < -0.4 is 31.9 Å². The SMILES string of the molecule is CN[C@@H](C)C(=O)N[C@H](C(=O)N1C[C@@H](NC(=O)c2ccc(-c3ccc(C(=O)N[C@H]4C[C@@H](c5nc(-c6ccccc6)cs5)N(C(=O)[C@@H](NC(=O)[C@H](C)NC)C(C)(C)C)C4)cc3)cc2)C[C@H]1c1nc(-c2ccccc2)cs1)C(C)(C)C. The van der Waals surface area contributed by atoms with E-state index in [4.69, 9.17) is 9.97 Å². The van der Waals surface area contributed by atoms with E-state index in [1.807, 2.05) is 137 Å². The summed E-state index contributed by atoms with van der Waals surface area (Å²) in [4.78, 5) is 97.1. The average molecular weight is 1090 g/mol. The highest BCUT2D eigenvalue weighted by molar-refractivity contribution is 7.10. The van der Waals surface area contributed by atoms with Gasteiger partial charge in [0.05, 0.1) is 35.6 Å². The van der Waals surface area contributed by atoms with Gasteiger partial charge in [0, 0.05) is 58.2 Å². The zero-order valence-corrected chi connectivity index (χ0v) is 47.7. The van der Waals surface area contributed by atoms with Crippen molar-refractivity contribution in [3.05, 3.63) is 141 Å². The van der Waals surface area contributed by atoms with Crippen LogP contribution in [0.1, 0.15) is 111 Å². The van der Waals surface area contributed by atoms with E-state index in [-0.39, 0.29) is 48.5 Å². The Morgan fingerprint density at radius 2 is 0.859 bits per heavy atom. The lowest BCUT2D eigenvalue weighted by Crippen LogP contribution is -2.57. The molecule has 0 saturated carbocycles. The second kappa shape index (κ2) is 24.3. The Labute approximate surface area is 465 Å². The highest BCUT2D eigenvalue weighted by Gasteiger charge is 2.46. The lowest BCUT2D eigenvalue weighted by atomic mass is 9.85. The van der Waals surface area contributed by atoms with E-state index in [0.717, 1.165) is 43.7 Å². The van der Waals surface area contributed by atoms with E-state index >= 15 is 0 Å². The Kier molecular flexibility index (Phi) is 17.8. The number of likely N-dealkylation sites (N-methyl/N-ethyl adjacent to an activating group) is 2. The topological polar surface area (TPSA) is 207 Å². The molecule has 0 bridgehead atoms. The van der Waals surface area contributed by atoms with Crippen LogP contribution >= 0.6 is 22.7 Å². The molecule has 0 spiro atoms. The largest absolute Gasteiger partial charge is 0.347 e. The van der Waals surface area contributed by atoms with Crippen LogP contribution in [-0.4, -0.2) is 119 Å². The normalized spacial score (nSPS) is 19.1. The minimum Gasteiger partial charge on any atom is -0.347 e. The number of hydrogen-bond donors (Lipinski definition) is 6. The number of hydrogen-bond acceptors (Lipinski definition) is 12. The van der Waals surface area contributed by atoms with Crippen molar-refractivity contribution in [3.8, 4) is 33.6 Å². The maximum absolute atomic E-state index is 14.6. The quantitative estimate of drug-likeness (QED) is 0.0519. The first-order valence-electron chi connectivity index (χ1n) is 26.5. The molecule has 2 saturated heterocycles. The van der Waals surface area contributed by atoms with Crippen molar-refractivity contribution >= 4 is 58.1 Å². The molecule has 2 fully saturated rings. The number of benzene rings is 4. The molecule has 8 atom stereocenters. The molecule has 0 aliphatic carbocycles. The van der Waals surface area contributed by atoms with Crippen molar-refractivity contribution in [2.24, 2.45) is 10.8 Å². The zero-order chi connectivity index (χ0) is 56.1. The maximum atomic E-state index is 14.6. The zero-order valence-electron chi connectivity index (χ0n) is 46.0. The molecule has 2 aliphatic heterocycles. The molecule has 2 aromatic heterocycles. The fraction of sp³-hybridized carbons (Fsp3) is 0.400. The molecular weight excluding hydrogens is 1020 g/mol. The third-order valence-corrected chi connectivity index (χ3v) is 16.6. The predicted molar refractivity (Wildman–Crippen MR) is 307 cm³/mol. The second-order valence-corrected chi connectivity index (χ2v) is 24.3. The summed E-state index contributed by atoms with van der Waals surface area (Å²) >= 11 is 2.94. The third-order valence-electron chi connectivity index (χ3n) is 14.7. The van der Waals surface area contributed by atoms with Gasteiger partial charge in [0.25, 0.3) is 11.8 Å². The van der Waals surface area contributed by atoms with E-state index in [1.54, 1.807) is 62.0 Å². The third kappa shape index (κ3) is 13.2. The summed E-state index contributed by atoms with van der Waals surface area (Å²) in [5.74, 6) is -1.63. The summed E-state index contributed by atoms with van der Waals surface area (Å²) < 4.78 is 0. The second-order valence-electron chi connectivity index (χ2n) is 22.5. The van der Waals surface area contributed by atoms with Crippen LogP contribution in [0, 0.1) is 10.8 Å². The molecular formula is C60H72N10O6S2. The van der Waals surface area contributed by atoms with Crippen molar-refractivity contribution in [3.63, 3.8) is 0 Å². The van der Waals surface area contributed by atoms with Crippen molar-refractivity contribution in [1.82, 2.24) is 51.7 Å². The van der Waals surface area contributed by atoms with Gasteiger partial charge in [-0.05, 0) is 87.0 Å². The van der Waals surface area contributed by atoms with Crippen LogP contribution in [0.15, 0.2) is 120 Å². The molecule has 0 radical (unpaired) electrons. The molecule has 6 amide bonds. The summed E-state index contributed by atoms with van der Waals surface area (Å²) in [7, 11) is 3.39. The number of carbonyl (C=O) groups excluding carboxylic acids is 6. The van der Waals surface area contributed by atoms with Gasteiger partial charge in [0.1, 0.15) is 22.1 Å². The number of amides is 6. The summed E-state index contributed by atoms with van der Waals surface area (Å²) in [6.07, 6.45) is 0.865. The Bertz CT molecular complexity index is 2870. The lowest BCUT2D eigenvalue weighted by molar-refractivity contribution is -0.140. The van der Waals surface area contributed by atoms with Crippen LogP contribution in [0.25, 0.3) is 33.6 Å². The van der Waals surface area contributed by atoms with Crippen molar-refractivity contribution < 1.29 is 28.8 Å². The van der Waals surface area contributed by atoms with Crippen LogP contribution in [0.4, 0.5) is 0 Å². The molecule has 8 rings (SSSR count). The highest BCUT2D eigenvalue weighted by atomic mass is 32.1. The molecule has 18 heteroatoms. The number of aromatic nitrogens is 2. The number of nitrogens with one attached hydrogen (secondary N) is 6. The molecule has 6 N–H and O–H groups in total. The predicted octanol–water partition coefficient (Wildman–Crippen LogP) is 8.02. The fourth-order valence-electron chi connectivity index (χ4n) is 9.79. The van der Waals surface area contributed by atoms with Crippen LogP contribution in [0.5, 0.6) is 0 Å². The Balaban J connectivity index is 0.944. The molecule has 6 aromatic rings. The summed E-state index contributed by atoms with van der Waals surface area (Å²) in [5, 5.41) is 23.7. The van der Waals surface area contributed by atoms with Gasteiger partial charge < -0.3 is 41.7 Å². The van der Waals surface area contributed by atoms with E-state index < -0.39 is 59.2 Å². The molecule has 2 aliphatic rings.